The number of aliphatic hydroxyl groups excluding tert-OH is 1. The number of imidazole rings is 1. The van der Waals surface area contributed by atoms with Crippen LogP contribution >= 0.6 is 0 Å². The van der Waals surface area contributed by atoms with Crippen molar-refractivity contribution in [2.75, 3.05) is 18.0 Å². The maximum Gasteiger partial charge on any atom is 0.180 e. The Balaban J connectivity index is 1.39. The van der Waals surface area contributed by atoms with Gasteiger partial charge in [0.2, 0.25) is 0 Å². The molecule has 0 aromatic carbocycles. The zero-order valence-electron chi connectivity index (χ0n) is 15.8. The van der Waals surface area contributed by atoms with Crippen molar-refractivity contribution in [2.24, 2.45) is 5.92 Å². The van der Waals surface area contributed by atoms with Crippen LogP contribution in [0.3, 0.4) is 0 Å². The standard InChI is InChI=1S/C21H24N6O/c28-18(20-23-10-11-24-20)14-7-12-27(13-8-14)21-15-4-3-6-16(15)25-19(26-21)17-5-1-2-9-22-17/h1-2,5,9-11,14,18,28H,3-4,6-8,12-13H2,(H,23,24). The number of H-pyrrole nitrogens is 1. The number of pyridine rings is 1. The number of aliphatic hydroxyl groups is 1. The molecule has 2 N–H and O–H groups in total. The molecule has 3 aromatic rings. The Morgan fingerprint density at radius 1 is 1.07 bits per heavy atom. The van der Waals surface area contributed by atoms with Gasteiger partial charge in [-0.2, -0.15) is 0 Å². The van der Waals surface area contributed by atoms with Gasteiger partial charge in [-0.1, -0.05) is 6.07 Å². The largest absolute Gasteiger partial charge is 0.385 e. The predicted molar refractivity (Wildman–Crippen MR) is 106 cm³/mol. The Kier molecular flexibility index (Phi) is 4.52. The second kappa shape index (κ2) is 7.31. The van der Waals surface area contributed by atoms with E-state index in [2.05, 4.69) is 19.9 Å². The molecule has 1 fully saturated rings. The number of anilines is 1. The van der Waals surface area contributed by atoms with Gasteiger partial charge in [-0.05, 0) is 50.2 Å². The molecule has 1 atom stereocenters. The molecule has 7 nitrogen and oxygen atoms in total. The van der Waals surface area contributed by atoms with Crippen LogP contribution in [0, 0.1) is 5.92 Å². The molecule has 4 heterocycles. The molecule has 0 spiro atoms. The summed E-state index contributed by atoms with van der Waals surface area (Å²) < 4.78 is 0. The topological polar surface area (TPSA) is 90.8 Å². The van der Waals surface area contributed by atoms with Gasteiger partial charge in [-0.25, -0.2) is 15.0 Å². The lowest BCUT2D eigenvalue weighted by atomic mass is 9.90. The Bertz CT molecular complexity index is 935. The summed E-state index contributed by atoms with van der Waals surface area (Å²) in [7, 11) is 0. The van der Waals surface area contributed by atoms with Crippen LogP contribution in [0.4, 0.5) is 5.82 Å². The molecule has 0 amide bonds. The minimum absolute atomic E-state index is 0.215. The molecule has 1 aliphatic carbocycles. The average molecular weight is 376 g/mol. The van der Waals surface area contributed by atoms with Crippen molar-refractivity contribution in [2.45, 2.75) is 38.2 Å². The van der Waals surface area contributed by atoms with E-state index in [1.165, 1.54) is 11.3 Å². The Labute approximate surface area is 163 Å². The zero-order chi connectivity index (χ0) is 18.9. The van der Waals surface area contributed by atoms with E-state index in [0.717, 1.165) is 56.7 Å². The number of piperidine rings is 1. The molecule has 28 heavy (non-hydrogen) atoms. The Hall–Kier alpha value is -2.80. The van der Waals surface area contributed by atoms with Crippen molar-refractivity contribution < 1.29 is 5.11 Å². The summed E-state index contributed by atoms with van der Waals surface area (Å²) in [5.74, 6) is 2.66. The van der Waals surface area contributed by atoms with E-state index >= 15 is 0 Å². The number of fused-ring (bicyclic) bond motifs is 1. The van der Waals surface area contributed by atoms with Crippen LogP contribution in [0.15, 0.2) is 36.8 Å². The number of rotatable bonds is 4. The molecular formula is C21H24N6O. The third-order valence-electron chi connectivity index (χ3n) is 5.89. The molecule has 3 aromatic heterocycles. The number of nitrogens with one attached hydrogen (secondary N) is 1. The van der Waals surface area contributed by atoms with E-state index in [1.807, 2.05) is 18.2 Å². The number of hydrogen-bond acceptors (Lipinski definition) is 6. The first kappa shape index (κ1) is 17.3. The van der Waals surface area contributed by atoms with Gasteiger partial charge in [-0.15, -0.1) is 0 Å². The van der Waals surface area contributed by atoms with Crippen molar-refractivity contribution in [3.8, 4) is 11.5 Å². The lowest BCUT2D eigenvalue weighted by molar-refractivity contribution is 0.0856. The van der Waals surface area contributed by atoms with Gasteiger partial charge in [0, 0.05) is 42.9 Å². The summed E-state index contributed by atoms with van der Waals surface area (Å²) in [6.07, 6.45) is 9.73. The van der Waals surface area contributed by atoms with E-state index in [1.54, 1.807) is 18.6 Å². The van der Waals surface area contributed by atoms with E-state index in [9.17, 15) is 5.11 Å². The number of aryl methyl sites for hydroxylation is 1. The molecule has 0 radical (unpaired) electrons. The van der Waals surface area contributed by atoms with Crippen LogP contribution in [0.1, 0.15) is 42.4 Å². The summed E-state index contributed by atoms with van der Waals surface area (Å²) in [5, 5.41) is 10.6. The predicted octanol–water partition coefficient (Wildman–Crippen LogP) is 2.70. The molecule has 7 heteroatoms. The SMILES string of the molecule is OC(c1ncc[nH]1)C1CCN(c2nc(-c3ccccn3)nc3c2CCC3)CC1. The van der Waals surface area contributed by atoms with Crippen molar-refractivity contribution in [1.82, 2.24) is 24.9 Å². The summed E-state index contributed by atoms with van der Waals surface area (Å²) in [5.41, 5.74) is 3.29. The first-order chi connectivity index (χ1) is 13.8. The molecule has 5 rings (SSSR count). The number of aromatic nitrogens is 5. The summed E-state index contributed by atoms with van der Waals surface area (Å²) in [4.78, 5) is 23.8. The molecule has 0 bridgehead atoms. The highest BCUT2D eigenvalue weighted by Crippen LogP contribution is 2.35. The van der Waals surface area contributed by atoms with Crippen LogP contribution in [-0.2, 0) is 12.8 Å². The summed E-state index contributed by atoms with van der Waals surface area (Å²) >= 11 is 0. The third-order valence-corrected chi connectivity index (χ3v) is 5.89. The molecule has 0 saturated carbocycles. The first-order valence-electron chi connectivity index (χ1n) is 10.0. The maximum atomic E-state index is 10.6. The third kappa shape index (κ3) is 3.16. The second-order valence-corrected chi connectivity index (χ2v) is 7.61. The van der Waals surface area contributed by atoms with Gasteiger partial charge in [0.25, 0.3) is 0 Å². The monoisotopic (exact) mass is 376 g/mol. The Morgan fingerprint density at radius 3 is 2.71 bits per heavy atom. The number of aromatic amines is 1. The highest BCUT2D eigenvalue weighted by Gasteiger charge is 2.30. The molecule has 1 unspecified atom stereocenters. The maximum absolute atomic E-state index is 10.6. The second-order valence-electron chi connectivity index (χ2n) is 7.61. The average Bonchev–Trinajstić information content (AvgIpc) is 3.45. The van der Waals surface area contributed by atoms with E-state index in [-0.39, 0.29) is 5.92 Å². The first-order valence-corrected chi connectivity index (χ1v) is 10.0. The van der Waals surface area contributed by atoms with E-state index in [0.29, 0.717) is 11.6 Å². The van der Waals surface area contributed by atoms with Gasteiger partial charge in [0.15, 0.2) is 5.82 Å². The fraction of sp³-hybridized carbons (Fsp3) is 0.429. The van der Waals surface area contributed by atoms with Crippen LogP contribution in [0.25, 0.3) is 11.5 Å². The number of hydrogen-bond donors (Lipinski definition) is 2. The van der Waals surface area contributed by atoms with Crippen LogP contribution in [0.2, 0.25) is 0 Å². The smallest absolute Gasteiger partial charge is 0.180 e. The minimum Gasteiger partial charge on any atom is -0.385 e. The summed E-state index contributed by atoms with van der Waals surface area (Å²) in [6.45, 7) is 1.76. The van der Waals surface area contributed by atoms with Crippen LogP contribution in [-0.4, -0.2) is 43.1 Å². The fourth-order valence-electron chi connectivity index (χ4n) is 4.37. The van der Waals surface area contributed by atoms with Crippen molar-refractivity contribution >= 4 is 5.82 Å². The van der Waals surface area contributed by atoms with E-state index in [4.69, 9.17) is 9.97 Å². The summed E-state index contributed by atoms with van der Waals surface area (Å²) in [6, 6.07) is 5.85. The molecule has 1 aliphatic heterocycles. The van der Waals surface area contributed by atoms with Gasteiger partial charge < -0.3 is 15.0 Å². The van der Waals surface area contributed by atoms with Crippen molar-refractivity contribution in [3.63, 3.8) is 0 Å². The van der Waals surface area contributed by atoms with E-state index < -0.39 is 6.10 Å². The molecule has 1 saturated heterocycles. The van der Waals surface area contributed by atoms with Gasteiger partial charge in [-0.3, -0.25) is 4.98 Å². The van der Waals surface area contributed by atoms with Gasteiger partial charge in [0.05, 0.1) is 0 Å². The molecule has 2 aliphatic rings. The number of nitrogens with zero attached hydrogens (tertiary/aromatic N) is 5. The van der Waals surface area contributed by atoms with Gasteiger partial charge >= 0.3 is 0 Å². The Morgan fingerprint density at radius 2 is 1.96 bits per heavy atom. The van der Waals surface area contributed by atoms with Crippen LogP contribution < -0.4 is 4.90 Å². The quantitative estimate of drug-likeness (QED) is 0.728. The minimum atomic E-state index is -0.530. The molecular weight excluding hydrogens is 352 g/mol. The van der Waals surface area contributed by atoms with Crippen LogP contribution in [0.5, 0.6) is 0 Å². The fourth-order valence-corrected chi connectivity index (χ4v) is 4.37. The van der Waals surface area contributed by atoms with Crippen molar-refractivity contribution in [3.05, 3.63) is 53.9 Å². The zero-order valence-corrected chi connectivity index (χ0v) is 15.8. The normalized spacial score (nSPS) is 18.2. The highest BCUT2D eigenvalue weighted by molar-refractivity contribution is 5.59. The molecule has 144 valence electrons. The lowest BCUT2D eigenvalue weighted by Crippen LogP contribution is -2.37. The lowest BCUT2D eigenvalue weighted by Gasteiger charge is -2.35. The van der Waals surface area contributed by atoms with Gasteiger partial charge in [0.1, 0.15) is 23.4 Å². The highest BCUT2D eigenvalue weighted by atomic mass is 16.3. The van der Waals surface area contributed by atoms with Crippen molar-refractivity contribution in [1.29, 1.82) is 0 Å².